The minimum Gasteiger partial charge on any atom is -0.346 e. The topological polar surface area (TPSA) is 46.5 Å². The summed E-state index contributed by atoms with van der Waals surface area (Å²) in [6.07, 6.45) is 5.61. The molecule has 5 heteroatoms. The normalized spacial score (nSPS) is 11.1. The van der Waals surface area contributed by atoms with E-state index in [1.54, 1.807) is 6.20 Å². The summed E-state index contributed by atoms with van der Waals surface area (Å²) >= 11 is 5.92. The zero-order valence-corrected chi connectivity index (χ0v) is 11.7. The first-order valence-electron chi connectivity index (χ1n) is 6.55. The highest BCUT2D eigenvalue weighted by atomic mass is 35.5. The molecule has 0 aliphatic rings. The quantitative estimate of drug-likeness (QED) is 0.606. The number of nitrogens with zero attached hydrogens (tertiary/aromatic N) is 3. The Labute approximate surface area is 126 Å². The van der Waals surface area contributed by atoms with Crippen molar-refractivity contribution in [1.29, 1.82) is 0 Å². The number of halogens is 1. The van der Waals surface area contributed by atoms with E-state index in [9.17, 15) is 0 Å². The fourth-order valence-corrected chi connectivity index (χ4v) is 2.50. The third-order valence-corrected chi connectivity index (χ3v) is 3.67. The van der Waals surface area contributed by atoms with Crippen LogP contribution in [0.4, 0.5) is 0 Å². The summed E-state index contributed by atoms with van der Waals surface area (Å²) in [6, 6.07) is 13.6. The number of rotatable bonds is 2. The smallest absolute Gasteiger partial charge is 0.139 e. The minimum atomic E-state index is 0.723. The number of H-pyrrole nitrogens is 1. The molecule has 0 aliphatic heterocycles. The van der Waals surface area contributed by atoms with Crippen molar-refractivity contribution < 1.29 is 0 Å². The predicted octanol–water partition coefficient (Wildman–Crippen LogP) is 4.07. The molecule has 0 amide bonds. The highest BCUT2D eigenvalue weighted by Crippen LogP contribution is 2.23. The SMILES string of the molecule is Clc1ccc(-c2ccn(-c3ccnc4[nH]ccc34)n2)cc1. The molecule has 1 aromatic carbocycles. The summed E-state index contributed by atoms with van der Waals surface area (Å²) in [5.74, 6) is 0. The Balaban J connectivity index is 1.81. The van der Waals surface area contributed by atoms with Gasteiger partial charge in [-0.15, -0.1) is 0 Å². The van der Waals surface area contributed by atoms with E-state index >= 15 is 0 Å². The molecule has 0 spiro atoms. The molecule has 21 heavy (non-hydrogen) atoms. The van der Waals surface area contributed by atoms with Crippen LogP contribution in [0.1, 0.15) is 0 Å². The zero-order valence-electron chi connectivity index (χ0n) is 11.0. The first kappa shape index (κ1) is 12.2. The van der Waals surface area contributed by atoms with Gasteiger partial charge < -0.3 is 4.98 Å². The fourth-order valence-electron chi connectivity index (χ4n) is 2.38. The molecule has 0 fully saturated rings. The van der Waals surface area contributed by atoms with E-state index in [4.69, 9.17) is 11.6 Å². The first-order chi connectivity index (χ1) is 10.3. The second kappa shape index (κ2) is 4.75. The van der Waals surface area contributed by atoms with Crippen LogP contribution >= 0.6 is 11.6 Å². The average molecular weight is 295 g/mol. The number of nitrogens with one attached hydrogen (secondary N) is 1. The molecule has 0 saturated heterocycles. The van der Waals surface area contributed by atoms with E-state index in [1.165, 1.54) is 0 Å². The number of hydrogen-bond donors (Lipinski definition) is 1. The maximum atomic E-state index is 5.92. The van der Waals surface area contributed by atoms with Crippen LogP contribution in [0.5, 0.6) is 0 Å². The monoisotopic (exact) mass is 294 g/mol. The maximum absolute atomic E-state index is 5.92. The Bertz CT molecular complexity index is 905. The van der Waals surface area contributed by atoms with Crippen LogP contribution in [0.2, 0.25) is 5.02 Å². The maximum Gasteiger partial charge on any atom is 0.139 e. The largest absolute Gasteiger partial charge is 0.346 e. The first-order valence-corrected chi connectivity index (χ1v) is 6.93. The van der Waals surface area contributed by atoms with E-state index in [-0.39, 0.29) is 0 Å². The lowest BCUT2D eigenvalue weighted by Crippen LogP contribution is -1.96. The van der Waals surface area contributed by atoms with Crippen molar-refractivity contribution in [3.8, 4) is 16.9 Å². The van der Waals surface area contributed by atoms with Crippen molar-refractivity contribution in [2.24, 2.45) is 0 Å². The molecule has 0 bridgehead atoms. The molecule has 4 aromatic rings. The minimum absolute atomic E-state index is 0.723. The van der Waals surface area contributed by atoms with Crippen molar-refractivity contribution in [1.82, 2.24) is 19.7 Å². The molecular weight excluding hydrogens is 284 g/mol. The molecule has 1 N–H and O–H groups in total. The van der Waals surface area contributed by atoms with Crippen molar-refractivity contribution >= 4 is 22.6 Å². The van der Waals surface area contributed by atoms with E-state index in [0.717, 1.165) is 33.0 Å². The third-order valence-electron chi connectivity index (χ3n) is 3.41. The number of aromatic amines is 1. The van der Waals surface area contributed by atoms with Gasteiger partial charge in [-0.05, 0) is 30.3 Å². The summed E-state index contributed by atoms with van der Waals surface area (Å²) in [6.45, 7) is 0. The van der Waals surface area contributed by atoms with Gasteiger partial charge >= 0.3 is 0 Å². The Hall–Kier alpha value is -2.59. The molecule has 3 heterocycles. The van der Waals surface area contributed by atoms with Crippen LogP contribution in [0, 0.1) is 0 Å². The standard InChI is InChI=1S/C16H11ClN4/c17-12-3-1-11(2-4-12)14-7-10-21(20-14)15-6-9-19-16-13(15)5-8-18-16/h1-10H,(H,18,19). The lowest BCUT2D eigenvalue weighted by atomic mass is 10.2. The van der Waals surface area contributed by atoms with E-state index < -0.39 is 0 Å². The van der Waals surface area contributed by atoms with Crippen LogP contribution in [-0.4, -0.2) is 19.7 Å². The van der Waals surface area contributed by atoms with Gasteiger partial charge in [0.1, 0.15) is 5.65 Å². The van der Waals surface area contributed by atoms with Gasteiger partial charge in [0.05, 0.1) is 11.4 Å². The van der Waals surface area contributed by atoms with Crippen molar-refractivity contribution in [2.45, 2.75) is 0 Å². The summed E-state index contributed by atoms with van der Waals surface area (Å²) in [7, 11) is 0. The molecule has 0 unspecified atom stereocenters. The van der Waals surface area contributed by atoms with Gasteiger partial charge in [-0.25, -0.2) is 9.67 Å². The zero-order chi connectivity index (χ0) is 14.2. The molecule has 0 atom stereocenters. The Morgan fingerprint density at radius 1 is 1.00 bits per heavy atom. The van der Waals surface area contributed by atoms with Crippen LogP contribution < -0.4 is 0 Å². The van der Waals surface area contributed by atoms with E-state index in [0.29, 0.717) is 0 Å². The van der Waals surface area contributed by atoms with Gasteiger partial charge in [-0.2, -0.15) is 5.10 Å². The molecule has 0 radical (unpaired) electrons. The number of fused-ring (bicyclic) bond motifs is 1. The van der Waals surface area contributed by atoms with Gasteiger partial charge in [0.15, 0.2) is 0 Å². The lowest BCUT2D eigenvalue weighted by molar-refractivity contribution is 0.890. The number of benzene rings is 1. The fraction of sp³-hybridized carbons (Fsp3) is 0. The highest BCUT2D eigenvalue weighted by molar-refractivity contribution is 6.30. The van der Waals surface area contributed by atoms with Gasteiger partial charge in [-0.3, -0.25) is 0 Å². The molecule has 102 valence electrons. The second-order valence-corrected chi connectivity index (χ2v) is 5.16. The van der Waals surface area contributed by atoms with Crippen molar-refractivity contribution in [2.75, 3.05) is 0 Å². The molecule has 4 rings (SSSR count). The summed E-state index contributed by atoms with van der Waals surface area (Å²) in [5, 5.41) is 6.41. The number of hydrogen-bond acceptors (Lipinski definition) is 2. The van der Waals surface area contributed by atoms with Crippen LogP contribution in [0.25, 0.3) is 28.0 Å². The predicted molar refractivity (Wildman–Crippen MR) is 83.7 cm³/mol. The van der Waals surface area contributed by atoms with Crippen LogP contribution in [0.15, 0.2) is 61.1 Å². The summed E-state index contributed by atoms with van der Waals surface area (Å²) in [5.41, 5.74) is 3.81. The summed E-state index contributed by atoms with van der Waals surface area (Å²) < 4.78 is 1.86. The van der Waals surface area contributed by atoms with Gasteiger partial charge in [0.2, 0.25) is 0 Å². The highest BCUT2D eigenvalue weighted by Gasteiger charge is 2.08. The second-order valence-electron chi connectivity index (χ2n) is 4.72. The van der Waals surface area contributed by atoms with Gasteiger partial charge in [0.25, 0.3) is 0 Å². The Morgan fingerprint density at radius 2 is 1.86 bits per heavy atom. The molecule has 0 aliphatic carbocycles. The van der Waals surface area contributed by atoms with Crippen molar-refractivity contribution in [3.63, 3.8) is 0 Å². The van der Waals surface area contributed by atoms with E-state index in [1.807, 2.05) is 59.5 Å². The number of pyridine rings is 1. The lowest BCUT2D eigenvalue weighted by Gasteiger charge is -2.03. The van der Waals surface area contributed by atoms with E-state index in [2.05, 4.69) is 15.1 Å². The van der Waals surface area contributed by atoms with Crippen LogP contribution in [0.3, 0.4) is 0 Å². The summed E-state index contributed by atoms with van der Waals surface area (Å²) in [4.78, 5) is 7.40. The molecule has 3 aromatic heterocycles. The Morgan fingerprint density at radius 3 is 2.71 bits per heavy atom. The number of aromatic nitrogens is 4. The third kappa shape index (κ3) is 2.10. The Kier molecular flexibility index (Phi) is 2.75. The molecule has 4 nitrogen and oxygen atoms in total. The molecule has 0 saturated carbocycles. The van der Waals surface area contributed by atoms with Gasteiger partial charge in [-0.1, -0.05) is 23.7 Å². The van der Waals surface area contributed by atoms with Crippen molar-refractivity contribution in [3.05, 3.63) is 66.1 Å². The molecular formula is C16H11ClN4. The average Bonchev–Trinajstić information content (AvgIpc) is 3.16. The van der Waals surface area contributed by atoms with Crippen LogP contribution in [-0.2, 0) is 0 Å². The van der Waals surface area contributed by atoms with Gasteiger partial charge in [0, 0.05) is 34.6 Å².